The number of unbranched alkanes of at least 4 members (excludes halogenated alkanes) is 1. The third-order valence-corrected chi connectivity index (χ3v) is 5.55. The standard InChI is InChI=1S/C23H30N4O2/c1-4-5-9-25-22(28)19-14-20(16-24-15-19)23(29)27-12-10-26(11-13-27)21-8-6-7-17(2)18(21)3/h6-8,14-16H,4-5,9-13H2,1-3H3,(H,25,28). The molecule has 1 N–H and O–H groups in total. The fourth-order valence-electron chi connectivity index (χ4n) is 3.57. The van der Waals surface area contributed by atoms with Gasteiger partial charge < -0.3 is 15.1 Å². The van der Waals surface area contributed by atoms with Gasteiger partial charge in [0.05, 0.1) is 11.1 Å². The molecule has 2 amide bonds. The van der Waals surface area contributed by atoms with E-state index in [0.717, 1.165) is 25.9 Å². The van der Waals surface area contributed by atoms with Crippen LogP contribution in [0.2, 0.25) is 0 Å². The van der Waals surface area contributed by atoms with E-state index in [1.807, 2.05) is 4.90 Å². The molecule has 1 aliphatic rings. The van der Waals surface area contributed by atoms with Gasteiger partial charge in [-0.25, -0.2) is 0 Å². The molecular formula is C23H30N4O2. The number of nitrogens with zero attached hydrogens (tertiary/aromatic N) is 3. The normalized spacial score (nSPS) is 14.0. The number of amides is 2. The average Bonchev–Trinajstić information content (AvgIpc) is 2.75. The van der Waals surface area contributed by atoms with Gasteiger partial charge in [-0.05, 0) is 43.5 Å². The number of nitrogens with one attached hydrogen (secondary N) is 1. The van der Waals surface area contributed by atoms with Crippen molar-refractivity contribution in [1.82, 2.24) is 15.2 Å². The first-order valence-electron chi connectivity index (χ1n) is 10.3. The van der Waals surface area contributed by atoms with Crippen molar-refractivity contribution < 1.29 is 9.59 Å². The number of carbonyl (C=O) groups is 2. The maximum Gasteiger partial charge on any atom is 0.255 e. The predicted octanol–water partition coefficient (Wildman–Crippen LogP) is 3.19. The lowest BCUT2D eigenvalue weighted by Gasteiger charge is -2.37. The van der Waals surface area contributed by atoms with E-state index in [1.54, 1.807) is 12.3 Å². The molecule has 0 radical (unpaired) electrons. The van der Waals surface area contributed by atoms with Crippen LogP contribution in [0.25, 0.3) is 0 Å². The quantitative estimate of drug-likeness (QED) is 0.764. The van der Waals surface area contributed by atoms with E-state index >= 15 is 0 Å². The second kappa shape index (κ2) is 9.54. The topological polar surface area (TPSA) is 65.5 Å². The molecule has 1 fully saturated rings. The molecule has 0 aliphatic carbocycles. The minimum atomic E-state index is -0.180. The third-order valence-electron chi connectivity index (χ3n) is 5.55. The molecule has 1 aromatic carbocycles. The summed E-state index contributed by atoms with van der Waals surface area (Å²) in [5.74, 6) is -0.248. The van der Waals surface area contributed by atoms with E-state index in [9.17, 15) is 9.59 Å². The van der Waals surface area contributed by atoms with Crippen molar-refractivity contribution in [2.75, 3.05) is 37.6 Å². The maximum atomic E-state index is 12.9. The van der Waals surface area contributed by atoms with Gasteiger partial charge in [-0.15, -0.1) is 0 Å². The summed E-state index contributed by atoms with van der Waals surface area (Å²) >= 11 is 0. The van der Waals surface area contributed by atoms with Gasteiger partial charge in [0.1, 0.15) is 0 Å². The van der Waals surface area contributed by atoms with Gasteiger partial charge >= 0.3 is 0 Å². The number of benzene rings is 1. The van der Waals surface area contributed by atoms with E-state index in [2.05, 4.69) is 54.2 Å². The number of aryl methyl sites for hydroxylation is 1. The Kier molecular flexibility index (Phi) is 6.86. The summed E-state index contributed by atoms with van der Waals surface area (Å²) in [6.07, 6.45) is 5.01. The van der Waals surface area contributed by atoms with E-state index in [1.165, 1.54) is 23.0 Å². The molecule has 6 heteroatoms. The Bertz CT molecular complexity index is 873. The lowest BCUT2D eigenvalue weighted by molar-refractivity contribution is 0.0746. The van der Waals surface area contributed by atoms with Crippen molar-refractivity contribution in [3.8, 4) is 0 Å². The Labute approximate surface area is 172 Å². The number of hydrogen-bond acceptors (Lipinski definition) is 4. The summed E-state index contributed by atoms with van der Waals surface area (Å²) in [5, 5.41) is 2.87. The molecular weight excluding hydrogens is 364 g/mol. The van der Waals surface area contributed by atoms with Gasteiger partial charge in [-0.2, -0.15) is 0 Å². The molecule has 0 spiro atoms. The van der Waals surface area contributed by atoms with Crippen LogP contribution in [-0.2, 0) is 0 Å². The fourth-order valence-corrected chi connectivity index (χ4v) is 3.57. The van der Waals surface area contributed by atoms with Gasteiger partial charge in [0.2, 0.25) is 0 Å². The number of rotatable bonds is 6. The zero-order valence-corrected chi connectivity index (χ0v) is 17.6. The summed E-state index contributed by atoms with van der Waals surface area (Å²) in [5.41, 5.74) is 4.71. The highest BCUT2D eigenvalue weighted by Gasteiger charge is 2.24. The van der Waals surface area contributed by atoms with Crippen molar-refractivity contribution >= 4 is 17.5 Å². The fraction of sp³-hybridized carbons (Fsp3) is 0.435. The number of pyridine rings is 1. The smallest absolute Gasteiger partial charge is 0.255 e. The summed E-state index contributed by atoms with van der Waals surface area (Å²) < 4.78 is 0. The first kappa shape index (κ1) is 20.8. The van der Waals surface area contributed by atoms with Crippen molar-refractivity contribution in [2.45, 2.75) is 33.6 Å². The molecule has 0 bridgehead atoms. The highest BCUT2D eigenvalue weighted by Crippen LogP contribution is 2.24. The molecule has 0 unspecified atom stereocenters. The molecule has 6 nitrogen and oxygen atoms in total. The Balaban J connectivity index is 1.63. The highest BCUT2D eigenvalue weighted by atomic mass is 16.2. The van der Waals surface area contributed by atoms with Crippen LogP contribution in [0.1, 0.15) is 51.6 Å². The van der Waals surface area contributed by atoms with E-state index < -0.39 is 0 Å². The Hall–Kier alpha value is -2.89. The van der Waals surface area contributed by atoms with Gasteiger partial charge in [-0.3, -0.25) is 14.6 Å². The van der Waals surface area contributed by atoms with Crippen LogP contribution in [0.4, 0.5) is 5.69 Å². The van der Waals surface area contributed by atoms with Gasteiger partial charge in [0, 0.05) is 50.8 Å². The lowest BCUT2D eigenvalue weighted by Crippen LogP contribution is -2.49. The lowest BCUT2D eigenvalue weighted by atomic mass is 10.1. The monoisotopic (exact) mass is 394 g/mol. The van der Waals surface area contributed by atoms with E-state index in [0.29, 0.717) is 30.8 Å². The molecule has 1 aliphatic heterocycles. The van der Waals surface area contributed by atoms with Crippen molar-refractivity contribution in [3.63, 3.8) is 0 Å². The molecule has 154 valence electrons. The van der Waals surface area contributed by atoms with Crippen LogP contribution in [0.15, 0.2) is 36.7 Å². The second-order valence-electron chi connectivity index (χ2n) is 7.57. The Morgan fingerprint density at radius 3 is 2.52 bits per heavy atom. The number of anilines is 1. The first-order chi connectivity index (χ1) is 14.0. The molecule has 3 rings (SSSR count). The minimum Gasteiger partial charge on any atom is -0.368 e. The Morgan fingerprint density at radius 1 is 1.07 bits per heavy atom. The van der Waals surface area contributed by atoms with Crippen molar-refractivity contribution in [1.29, 1.82) is 0 Å². The van der Waals surface area contributed by atoms with Crippen LogP contribution in [0.5, 0.6) is 0 Å². The largest absolute Gasteiger partial charge is 0.368 e. The van der Waals surface area contributed by atoms with Gasteiger partial charge in [0.25, 0.3) is 11.8 Å². The minimum absolute atomic E-state index is 0.0682. The van der Waals surface area contributed by atoms with Crippen LogP contribution in [0.3, 0.4) is 0 Å². The summed E-state index contributed by atoms with van der Waals surface area (Å²) in [6.45, 7) is 9.86. The van der Waals surface area contributed by atoms with Crippen LogP contribution in [-0.4, -0.2) is 54.4 Å². The maximum absolute atomic E-state index is 12.9. The molecule has 1 saturated heterocycles. The third kappa shape index (κ3) is 4.94. The summed E-state index contributed by atoms with van der Waals surface area (Å²) in [7, 11) is 0. The number of carbonyl (C=O) groups excluding carboxylic acids is 2. The molecule has 0 atom stereocenters. The van der Waals surface area contributed by atoms with Crippen molar-refractivity contribution in [3.05, 3.63) is 58.9 Å². The molecule has 2 aromatic rings. The SMILES string of the molecule is CCCCNC(=O)c1cncc(C(=O)N2CCN(c3cccc(C)c3C)CC2)c1. The van der Waals surface area contributed by atoms with E-state index in [-0.39, 0.29) is 11.8 Å². The molecule has 2 heterocycles. The number of piperazine rings is 1. The van der Waals surface area contributed by atoms with Crippen LogP contribution < -0.4 is 10.2 Å². The van der Waals surface area contributed by atoms with E-state index in [4.69, 9.17) is 0 Å². The average molecular weight is 395 g/mol. The molecule has 1 aromatic heterocycles. The highest BCUT2D eigenvalue weighted by molar-refractivity contribution is 5.99. The number of aromatic nitrogens is 1. The zero-order chi connectivity index (χ0) is 20.8. The van der Waals surface area contributed by atoms with Gasteiger partial charge in [-0.1, -0.05) is 25.5 Å². The van der Waals surface area contributed by atoms with Crippen molar-refractivity contribution in [2.24, 2.45) is 0 Å². The summed E-state index contributed by atoms with van der Waals surface area (Å²) in [6, 6.07) is 7.99. The molecule has 29 heavy (non-hydrogen) atoms. The van der Waals surface area contributed by atoms with Gasteiger partial charge in [0.15, 0.2) is 0 Å². The van der Waals surface area contributed by atoms with Crippen LogP contribution in [0, 0.1) is 13.8 Å². The van der Waals surface area contributed by atoms with Crippen LogP contribution >= 0.6 is 0 Å². The summed E-state index contributed by atoms with van der Waals surface area (Å²) in [4.78, 5) is 33.5. The second-order valence-corrected chi connectivity index (χ2v) is 7.57. The molecule has 0 saturated carbocycles. The first-order valence-corrected chi connectivity index (χ1v) is 10.3. The Morgan fingerprint density at radius 2 is 1.79 bits per heavy atom. The predicted molar refractivity (Wildman–Crippen MR) is 116 cm³/mol. The zero-order valence-electron chi connectivity index (χ0n) is 17.6. The number of hydrogen-bond donors (Lipinski definition) is 1.